The lowest BCUT2D eigenvalue weighted by Gasteiger charge is -2.35. The van der Waals surface area contributed by atoms with Gasteiger partial charge in [-0.1, -0.05) is 12.1 Å². The summed E-state index contributed by atoms with van der Waals surface area (Å²) in [7, 11) is 3.73. The van der Waals surface area contributed by atoms with Crippen LogP contribution in [0.15, 0.2) is 29.3 Å². The average Bonchev–Trinajstić information content (AvgIpc) is 2.87. The Kier molecular flexibility index (Phi) is 4.28. The highest BCUT2D eigenvalue weighted by molar-refractivity contribution is 6.07. The molecule has 2 heterocycles. The second-order valence-electron chi connectivity index (χ2n) is 6.60. The van der Waals surface area contributed by atoms with Crippen LogP contribution in [-0.2, 0) is 11.3 Å². The van der Waals surface area contributed by atoms with E-state index in [9.17, 15) is 9.59 Å². The Labute approximate surface area is 141 Å². The van der Waals surface area contributed by atoms with Gasteiger partial charge in [0.1, 0.15) is 5.54 Å². The molecule has 1 aromatic carbocycles. The fraction of sp³-hybridized carbons (Fsp3) is 0.471. The van der Waals surface area contributed by atoms with Crippen molar-refractivity contribution in [3.8, 4) is 0 Å². The van der Waals surface area contributed by atoms with E-state index in [4.69, 9.17) is 5.11 Å². The van der Waals surface area contributed by atoms with Crippen molar-refractivity contribution >= 4 is 17.8 Å². The number of benzene rings is 1. The Morgan fingerprint density at radius 1 is 1.38 bits per heavy atom. The summed E-state index contributed by atoms with van der Waals surface area (Å²) >= 11 is 0. The highest BCUT2D eigenvalue weighted by Crippen LogP contribution is 2.30. The molecule has 0 saturated carbocycles. The number of carboxylic acids is 1. The zero-order chi connectivity index (χ0) is 17.3. The first-order valence-electron chi connectivity index (χ1n) is 8.03. The third kappa shape index (κ3) is 3.12. The van der Waals surface area contributed by atoms with Crippen LogP contribution in [0.4, 0.5) is 0 Å². The minimum atomic E-state index is -0.914. The lowest BCUT2D eigenvalue weighted by molar-refractivity contribution is -0.125. The number of carbonyl (C=O) groups excluding carboxylic acids is 1. The van der Waals surface area contributed by atoms with Gasteiger partial charge in [0.2, 0.25) is 5.96 Å². The van der Waals surface area contributed by atoms with Crippen LogP contribution in [0.5, 0.6) is 0 Å². The second-order valence-corrected chi connectivity index (χ2v) is 6.60. The molecule has 7 heteroatoms. The lowest BCUT2D eigenvalue weighted by Crippen LogP contribution is -2.49. The van der Waals surface area contributed by atoms with E-state index in [1.807, 2.05) is 25.1 Å². The van der Waals surface area contributed by atoms with E-state index in [0.29, 0.717) is 30.9 Å². The summed E-state index contributed by atoms with van der Waals surface area (Å²) in [5, 5.41) is 11.9. The second kappa shape index (κ2) is 6.24. The summed E-state index contributed by atoms with van der Waals surface area (Å²) in [6.07, 6.45) is 1.35. The number of carbonyl (C=O) groups is 2. The van der Waals surface area contributed by atoms with Crippen molar-refractivity contribution in [3.05, 3.63) is 35.4 Å². The first-order chi connectivity index (χ1) is 11.4. The van der Waals surface area contributed by atoms with Crippen LogP contribution in [0.25, 0.3) is 0 Å². The third-order valence-electron chi connectivity index (χ3n) is 4.65. The molecule has 0 aromatic heterocycles. The number of rotatable bonds is 3. The fourth-order valence-electron chi connectivity index (χ4n) is 3.19. The van der Waals surface area contributed by atoms with E-state index in [1.54, 1.807) is 18.2 Å². The topological polar surface area (TPSA) is 85.2 Å². The predicted octanol–water partition coefficient (Wildman–Crippen LogP) is 0.767. The zero-order valence-corrected chi connectivity index (χ0v) is 14.0. The van der Waals surface area contributed by atoms with Crippen LogP contribution in [0.3, 0.4) is 0 Å². The average molecular weight is 330 g/mol. The Morgan fingerprint density at radius 3 is 2.67 bits per heavy atom. The third-order valence-corrected chi connectivity index (χ3v) is 4.65. The number of likely N-dealkylation sites (tertiary alicyclic amines) is 1. The summed E-state index contributed by atoms with van der Waals surface area (Å²) in [4.78, 5) is 32.0. The molecule has 1 saturated heterocycles. The van der Waals surface area contributed by atoms with E-state index in [1.165, 1.54) is 0 Å². The summed E-state index contributed by atoms with van der Waals surface area (Å²) < 4.78 is 0. The first-order valence-corrected chi connectivity index (χ1v) is 8.03. The van der Waals surface area contributed by atoms with Crippen LogP contribution in [-0.4, -0.2) is 65.5 Å². The summed E-state index contributed by atoms with van der Waals surface area (Å²) in [5.74, 6) is -0.302. The first kappa shape index (κ1) is 16.4. The van der Waals surface area contributed by atoms with Crippen LogP contribution in [0.2, 0.25) is 0 Å². The van der Waals surface area contributed by atoms with Gasteiger partial charge < -0.3 is 10.0 Å². The molecule has 1 spiro atoms. The quantitative estimate of drug-likeness (QED) is 0.855. The smallest absolute Gasteiger partial charge is 0.335 e. The Morgan fingerprint density at radius 2 is 2.08 bits per heavy atom. The molecule has 0 bridgehead atoms. The molecule has 128 valence electrons. The number of hydrogen-bond donors (Lipinski definition) is 2. The summed E-state index contributed by atoms with van der Waals surface area (Å²) in [6.45, 7) is 2.20. The number of amides is 1. The molecule has 0 radical (unpaired) electrons. The lowest BCUT2D eigenvalue weighted by atomic mass is 9.88. The maximum Gasteiger partial charge on any atom is 0.335 e. The number of piperidine rings is 1. The van der Waals surface area contributed by atoms with Gasteiger partial charge in [0.15, 0.2) is 0 Å². The molecule has 2 aliphatic rings. The fourth-order valence-corrected chi connectivity index (χ4v) is 3.19. The normalized spacial score (nSPS) is 19.9. The van der Waals surface area contributed by atoms with Crippen LogP contribution >= 0.6 is 0 Å². The number of nitrogens with zero attached hydrogens (tertiary/aromatic N) is 3. The molecular weight excluding hydrogens is 308 g/mol. The van der Waals surface area contributed by atoms with E-state index >= 15 is 0 Å². The molecule has 0 atom stereocenters. The van der Waals surface area contributed by atoms with Gasteiger partial charge in [-0.3, -0.25) is 15.0 Å². The Balaban J connectivity index is 1.65. The maximum atomic E-state index is 12.3. The van der Waals surface area contributed by atoms with Crippen molar-refractivity contribution < 1.29 is 14.7 Å². The molecule has 1 aromatic rings. The van der Waals surface area contributed by atoms with Crippen molar-refractivity contribution in [1.29, 1.82) is 0 Å². The van der Waals surface area contributed by atoms with Crippen molar-refractivity contribution in [2.75, 3.05) is 27.2 Å². The monoisotopic (exact) mass is 330 g/mol. The molecule has 2 aliphatic heterocycles. The summed E-state index contributed by atoms with van der Waals surface area (Å²) in [5.41, 5.74) is 0.634. The molecule has 1 amide bonds. The molecule has 24 heavy (non-hydrogen) atoms. The number of aliphatic imine (C=N–C) groups is 1. The van der Waals surface area contributed by atoms with Crippen molar-refractivity contribution in [3.63, 3.8) is 0 Å². The Bertz CT molecular complexity index is 691. The van der Waals surface area contributed by atoms with Crippen molar-refractivity contribution in [2.24, 2.45) is 4.99 Å². The van der Waals surface area contributed by atoms with Gasteiger partial charge in [-0.15, -0.1) is 0 Å². The van der Waals surface area contributed by atoms with Gasteiger partial charge in [-0.2, -0.15) is 0 Å². The molecule has 2 N–H and O–H groups in total. The van der Waals surface area contributed by atoms with Crippen molar-refractivity contribution in [1.82, 2.24) is 15.1 Å². The van der Waals surface area contributed by atoms with E-state index in [2.05, 4.69) is 15.2 Å². The van der Waals surface area contributed by atoms with Crippen LogP contribution in [0.1, 0.15) is 28.8 Å². The minimum absolute atomic E-state index is 0.0151. The number of nitrogens with one attached hydrogen (secondary N) is 1. The van der Waals surface area contributed by atoms with Crippen molar-refractivity contribution in [2.45, 2.75) is 24.9 Å². The van der Waals surface area contributed by atoms with E-state index in [-0.39, 0.29) is 5.91 Å². The largest absolute Gasteiger partial charge is 0.478 e. The molecule has 3 rings (SSSR count). The van der Waals surface area contributed by atoms with Crippen LogP contribution in [0, 0.1) is 0 Å². The molecule has 0 aliphatic carbocycles. The van der Waals surface area contributed by atoms with E-state index < -0.39 is 11.5 Å². The SMILES string of the molecule is CN(C)C1=NC2(CCN(Cc3cccc(C(=O)O)c3)CC2)C(=O)N1. The van der Waals surface area contributed by atoms with Crippen LogP contribution < -0.4 is 5.32 Å². The van der Waals surface area contributed by atoms with Gasteiger partial charge in [-0.25, -0.2) is 9.79 Å². The van der Waals surface area contributed by atoms with Gasteiger partial charge in [0.05, 0.1) is 5.56 Å². The highest BCUT2D eigenvalue weighted by atomic mass is 16.4. The number of aromatic carboxylic acids is 1. The highest BCUT2D eigenvalue weighted by Gasteiger charge is 2.46. The number of carboxylic acid groups (broad SMARTS) is 1. The van der Waals surface area contributed by atoms with Gasteiger partial charge in [-0.05, 0) is 30.5 Å². The molecule has 7 nitrogen and oxygen atoms in total. The minimum Gasteiger partial charge on any atom is -0.478 e. The maximum absolute atomic E-state index is 12.3. The molecule has 0 unspecified atom stereocenters. The zero-order valence-electron chi connectivity index (χ0n) is 14.0. The molecule has 1 fully saturated rings. The number of guanidine groups is 1. The Hall–Kier alpha value is -2.41. The number of hydrogen-bond acceptors (Lipinski definition) is 5. The van der Waals surface area contributed by atoms with Gasteiger partial charge in [0, 0.05) is 33.7 Å². The molecular formula is C17H22N4O3. The van der Waals surface area contributed by atoms with E-state index in [0.717, 1.165) is 18.7 Å². The summed E-state index contributed by atoms with van der Waals surface area (Å²) in [6, 6.07) is 7.00. The predicted molar refractivity (Wildman–Crippen MR) is 89.9 cm³/mol. The van der Waals surface area contributed by atoms with Gasteiger partial charge in [0.25, 0.3) is 5.91 Å². The standard InChI is InChI=1S/C17H22N4O3/c1-20(2)16-18-15(24)17(19-16)6-8-21(9-7-17)11-12-4-3-5-13(10-12)14(22)23/h3-5,10H,6-9,11H2,1-2H3,(H,22,23)(H,18,19,24). The van der Waals surface area contributed by atoms with Gasteiger partial charge >= 0.3 is 5.97 Å².